The second-order valence-corrected chi connectivity index (χ2v) is 13.9. The smallest absolute Gasteiger partial charge is 0.394 e. The molecule has 2 N–H and O–H groups in total. The quantitative estimate of drug-likeness (QED) is 0.405. The summed E-state index contributed by atoms with van der Waals surface area (Å²) in [5.74, 6) is 0.355. The van der Waals surface area contributed by atoms with E-state index < -0.39 is 33.1 Å². The maximum atomic E-state index is 13.6. The summed E-state index contributed by atoms with van der Waals surface area (Å²) in [5.41, 5.74) is -1.98. The van der Waals surface area contributed by atoms with Gasteiger partial charge >= 0.3 is 6.18 Å². The number of pyridine rings is 2. The van der Waals surface area contributed by atoms with E-state index in [9.17, 15) is 26.4 Å². The summed E-state index contributed by atoms with van der Waals surface area (Å²) in [6.07, 6.45) is 0.643. The van der Waals surface area contributed by atoms with Crippen LogP contribution < -0.4 is 19.7 Å². The van der Waals surface area contributed by atoms with Crippen molar-refractivity contribution in [2.75, 3.05) is 23.4 Å². The summed E-state index contributed by atoms with van der Waals surface area (Å²) in [6.45, 7) is 4.57. The number of nitrogens with zero attached hydrogens (tertiary/aromatic N) is 5. The Hall–Kier alpha value is -3.88. The van der Waals surface area contributed by atoms with Crippen molar-refractivity contribution in [2.24, 2.45) is 5.41 Å². The minimum absolute atomic E-state index is 0.0276. The first-order valence-electron chi connectivity index (χ1n) is 14.6. The molecule has 3 aromatic rings. The number of ether oxygens (including phenoxy) is 1. The molecule has 1 atom stereocenters. The number of carbonyl (C=O) groups is 1. The van der Waals surface area contributed by atoms with Crippen molar-refractivity contribution in [3.05, 3.63) is 48.2 Å². The molecule has 11 nitrogen and oxygen atoms in total. The second kappa shape index (κ2) is 10.9. The van der Waals surface area contributed by atoms with E-state index in [2.05, 4.69) is 38.9 Å². The summed E-state index contributed by atoms with van der Waals surface area (Å²) in [6, 6.07) is 9.17. The molecule has 1 saturated carbocycles. The lowest BCUT2D eigenvalue weighted by atomic mass is 10.0. The van der Waals surface area contributed by atoms with Gasteiger partial charge in [-0.3, -0.25) is 4.79 Å². The Balaban J connectivity index is 1.32. The Morgan fingerprint density at radius 1 is 1.07 bits per heavy atom. The fraction of sp³-hybridized carbons (Fsp3) is 0.517. The van der Waals surface area contributed by atoms with Crippen molar-refractivity contribution in [3.8, 4) is 11.7 Å². The van der Waals surface area contributed by atoms with E-state index in [0.29, 0.717) is 24.0 Å². The van der Waals surface area contributed by atoms with Gasteiger partial charge in [0.1, 0.15) is 11.6 Å². The van der Waals surface area contributed by atoms with Crippen molar-refractivity contribution in [3.63, 3.8) is 0 Å². The van der Waals surface area contributed by atoms with Gasteiger partial charge in [-0.1, -0.05) is 6.07 Å². The highest BCUT2D eigenvalue weighted by atomic mass is 32.2. The summed E-state index contributed by atoms with van der Waals surface area (Å²) in [4.78, 5) is 24.7. The Bertz CT molecular complexity index is 1670. The standard InChI is InChI=1S/C29H34F3N7O4S/c1-27(2)12-10-19-5-4-16-33-21-6-3-7-24(34-21)44(41,42)37-26(40)20-8-9-22(35-25(20)39(19)27)38-17-11-23(36-38)43-18-15-28(13-14-28)29(30,31)32/h3,6-9,11,17,19H,4-5,10,12-16,18H2,1-2H3,(H,33,34)(H,37,40)/t19-/m1/s1. The summed E-state index contributed by atoms with van der Waals surface area (Å²) in [5, 5.41) is 7.24. The normalized spacial score (nSPS) is 22.2. The van der Waals surface area contributed by atoms with Crippen LogP contribution >= 0.6 is 0 Å². The molecule has 2 fully saturated rings. The zero-order valence-electron chi connectivity index (χ0n) is 24.4. The van der Waals surface area contributed by atoms with Crippen molar-refractivity contribution in [2.45, 2.75) is 81.6 Å². The maximum Gasteiger partial charge on any atom is 0.394 e. The van der Waals surface area contributed by atoms with Crippen molar-refractivity contribution < 1.29 is 31.1 Å². The number of nitrogens with one attached hydrogen (secondary N) is 2. The first-order chi connectivity index (χ1) is 20.8. The molecule has 0 aromatic carbocycles. The third kappa shape index (κ3) is 5.81. The first kappa shape index (κ1) is 30.2. The van der Waals surface area contributed by atoms with Crippen LogP contribution in [0, 0.1) is 5.41 Å². The van der Waals surface area contributed by atoms with Crippen molar-refractivity contribution >= 4 is 27.6 Å². The first-order valence-corrected chi connectivity index (χ1v) is 16.1. The molecule has 2 aliphatic heterocycles. The number of carbonyl (C=O) groups excluding carboxylic acids is 1. The lowest BCUT2D eigenvalue weighted by molar-refractivity contribution is -0.190. The minimum Gasteiger partial charge on any atom is -0.477 e. The Morgan fingerprint density at radius 3 is 2.61 bits per heavy atom. The van der Waals surface area contributed by atoms with Crippen molar-refractivity contribution in [1.29, 1.82) is 0 Å². The molecule has 3 aliphatic rings. The molecule has 1 saturated heterocycles. The van der Waals surface area contributed by atoms with Gasteiger partial charge in [0.05, 0.1) is 17.6 Å². The number of anilines is 2. The summed E-state index contributed by atoms with van der Waals surface area (Å²) in [7, 11) is -4.30. The van der Waals surface area contributed by atoms with Gasteiger partial charge in [0.15, 0.2) is 10.8 Å². The van der Waals surface area contributed by atoms with Crippen LogP contribution in [0.25, 0.3) is 5.82 Å². The number of fused-ring (bicyclic) bond motifs is 5. The number of halogens is 3. The molecule has 0 spiro atoms. The Kier molecular flexibility index (Phi) is 7.49. The molecule has 1 amide bonds. The predicted molar refractivity (Wildman–Crippen MR) is 155 cm³/mol. The maximum absolute atomic E-state index is 13.6. The zero-order chi connectivity index (χ0) is 31.3. The Labute approximate surface area is 253 Å². The third-order valence-corrected chi connectivity index (χ3v) is 10.0. The topological polar surface area (TPSA) is 131 Å². The molecule has 6 rings (SSSR count). The highest BCUT2D eigenvalue weighted by Gasteiger charge is 2.62. The van der Waals surface area contributed by atoms with Gasteiger partial charge in [-0.25, -0.2) is 19.4 Å². The molecule has 236 valence electrons. The van der Waals surface area contributed by atoms with Crippen LogP contribution in [0.3, 0.4) is 0 Å². The molecular weight excluding hydrogens is 599 g/mol. The van der Waals surface area contributed by atoms with E-state index in [4.69, 9.17) is 9.72 Å². The van der Waals surface area contributed by atoms with E-state index in [0.717, 1.165) is 25.7 Å². The molecule has 1 aliphatic carbocycles. The van der Waals surface area contributed by atoms with Gasteiger partial charge in [-0.05, 0) is 83.1 Å². The van der Waals surface area contributed by atoms with Gasteiger partial charge in [0.2, 0.25) is 5.88 Å². The fourth-order valence-electron chi connectivity index (χ4n) is 6.06. The number of amides is 1. The number of sulfonamides is 1. The van der Waals surface area contributed by atoms with Gasteiger partial charge in [0, 0.05) is 30.4 Å². The number of alkyl halides is 3. The SMILES string of the molecule is CC1(C)CC[C@H]2CCCNc3cccc(n3)S(=O)(=O)NC(=O)c3ccc(-n4ccc(OCCC5(C(F)(F)F)CC5)n4)nc3N21. The molecule has 15 heteroatoms. The van der Waals surface area contributed by atoms with Crippen LogP contribution in [0.15, 0.2) is 47.6 Å². The average molecular weight is 634 g/mol. The van der Waals surface area contributed by atoms with Crippen LogP contribution in [-0.4, -0.2) is 65.0 Å². The third-order valence-electron chi connectivity index (χ3n) is 8.77. The van der Waals surface area contributed by atoms with E-state index in [1.54, 1.807) is 18.3 Å². The zero-order valence-corrected chi connectivity index (χ0v) is 25.2. The molecule has 3 aromatic heterocycles. The van der Waals surface area contributed by atoms with Crippen molar-refractivity contribution in [1.82, 2.24) is 24.5 Å². The van der Waals surface area contributed by atoms with E-state index in [1.165, 1.54) is 28.9 Å². The van der Waals surface area contributed by atoms with Gasteiger partial charge in [-0.15, -0.1) is 5.10 Å². The van der Waals surface area contributed by atoms with Crippen LogP contribution in [0.2, 0.25) is 0 Å². The van der Waals surface area contributed by atoms with E-state index in [-0.39, 0.29) is 48.4 Å². The minimum atomic E-state index is -4.30. The van der Waals surface area contributed by atoms with Crippen LogP contribution in [0.4, 0.5) is 24.8 Å². The number of hydrogen-bond acceptors (Lipinski definition) is 9. The average Bonchev–Trinajstić information content (AvgIpc) is 3.51. The van der Waals surface area contributed by atoms with Gasteiger partial charge in [0.25, 0.3) is 15.9 Å². The number of aromatic nitrogens is 4. The highest BCUT2D eigenvalue weighted by molar-refractivity contribution is 7.90. The largest absolute Gasteiger partial charge is 0.477 e. The van der Waals surface area contributed by atoms with E-state index >= 15 is 0 Å². The predicted octanol–water partition coefficient (Wildman–Crippen LogP) is 4.85. The number of rotatable bonds is 5. The lowest BCUT2D eigenvalue weighted by Gasteiger charge is -2.38. The highest BCUT2D eigenvalue weighted by Crippen LogP contribution is 2.59. The molecule has 2 bridgehead atoms. The van der Waals surface area contributed by atoms with E-state index in [1.807, 2.05) is 0 Å². The fourth-order valence-corrected chi connectivity index (χ4v) is 6.99. The molecule has 5 heterocycles. The number of hydrogen-bond donors (Lipinski definition) is 2. The van der Waals surface area contributed by atoms with Gasteiger partial charge < -0.3 is 15.0 Å². The summed E-state index contributed by atoms with van der Waals surface area (Å²) < 4.78 is 75.3. The monoisotopic (exact) mass is 633 g/mol. The molecular formula is C29H34F3N7O4S. The summed E-state index contributed by atoms with van der Waals surface area (Å²) >= 11 is 0. The molecule has 44 heavy (non-hydrogen) atoms. The lowest BCUT2D eigenvalue weighted by Crippen LogP contribution is -2.45. The van der Waals surface area contributed by atoms with Crippen LogP contribution in [0.1, 0.15) is 69.2 Å². The van der Waals surface area contributed by atoms with Gasteiger partial charge in [-0.2, -0.15) is 21.6 Å². The van der Waals surface area contributed by atoms with Crippen LogP contribution in [0.5, 0.6) is 5.88 Å². The van der Waals surface area contributed by atoms with Crippen LogP contribution in [-0.2, 0) is 10.0 Å². The Morgan fingerprint density at radius 2 is 1.86 bits per heavy atom. The molecule has 0 unspecified atom stereocenters. The molecule has 0 radical (unpaired) electrons. The second-order valence-electron chi connectivity index (χ2n) is 12.3.